The van der Waals surface area contributed by atoms with Gasteiger partial charge < -0.3 is 16.4 Å². The first-order chi connectivity index (χ1) is 8.81. The van der Waals surface area contributed by atoms with E-state index in [1.54, 1.807) is 13.8 Å². The SMILES string of the molecule is CC(C)[C@@H](NC(N)=O)C(=O)Nc1ccc(F)c(Cl)c1. The topological polar surface area (TPSA) is 84.2 Å². The Bertz CT molecular complexity index is 494. The molecule has 1 rings (SSSR count). The van der Waals surface area contributed by atoms with Crippen LogP contribution in [0.1, 0.15) is 13.8 Å². The van der Waals surface area contributed by atoms with E-state index >= 15 is 0 Å². The van der Waals surface area contributed by atoms with Gasteiger partial charge in [0.15, 0.2) is 0 Å². The summed E-state index contributed by atoms with van der Waals surface area (Å²) in [6.07, 6.45) is 0. The Balaban J connectivity index is 2.81. The predicted molar refractivity (Wildman–Crippen MR) is 71.4 cm³/mol. The van der Waals surface area contributed by atoms with Gasteiger partial charge in [0.25, 0.3) is 0 Å². The zero-order valence-corrected chi connectivity index (χ0v) is 11.3. The molecule has 4 N–H and O–H groups in total. The highest BCUT2D eigenvalue weighted by Crippen LogP contribution is 2.19. The van der Waals surface area contributed by atoms with E-state index in [4.69, 9.17) is 17.3 Å². The number of carbonyl (C=O) groups is 2. The maximum absolute atomic E-state index is 13.0. The van der Waals surface area contributed by atoms with Crippen LogP contribution in [0.5, 0.6) is 0 Å². The number of rotatable bonds is 4. The van der Waals surface area contributed by atoms with Crippen LogP contribution in [-0.4, -0.2) is 18.0 Å². The Labute approximate surface area is 115 Å². The standard InChI is InChI=1S/C12H15ClFN3O2/c1-6(2)10(17-12(15)19)11(18)16-7-3-4-9(14)8(13)5-7/h3-6,10H,1-2H3,(H,16,18)(H3,15,17,19)/t10-/m1/s1. The fourth-order valence-electron chi connectivity index (χ4n) is 1.48. The molecule has 0 saturated carbocycles. The summed E-state index contributed by atoms with van der Waals surface area (Å²) < 4.78 is 13.0. The quantitative estimate of drug-likeness (QED) is 0.792. The molecule has 0 fully saturated rings. The highest BCUT2D eigenvalue weighted by Gasteiger charge is 2.23. The molecular weight excluding hydrogens is 273 g/mol. The Hall–Kier alpha value is -1.82. The van der Waals surface area contributed by atoms with Crippen LogP contribution in [0.4, 0.5) is 14.9 Å². The van der Waals surface area contributed by atoms with Crippen molar-refractivity contribution < 1.29 is 14.0 Å². The second-order valence-electron chi connectivity index (χ2n) is 4.35. The molecule has 3 amide bonds. The molecule has 1 aromatic carbocycles. The van der Waals surface area contributed by atoms with E-state index in [-0.39, 0.29) is 10.9 Å². The van der Waals surface area contributed by atoms with E-state index in [0.29, 0.717) is 5.69 Å². The van der Waals surface area contributed by atoms with E-state index in [1.807, 2.05) is 0 Å². The van der Waals surface area contributed by atoms with E-state index in [2.05, 4.69) is 10.6 Å². The summed E-state index contributed by atoms with van der Waals surface area (Å²) in [5, 5.41) is 4.79. The Morgan fingerprint density at radius 2 is 2.00 bits per heavy atom. The van der Waals surface area contributed by atoms with Crippen LogP contribution < -0.4 is 16.4 Å². The molecule has 0 saturated heterocycles. The van der Waals surface area contributed by atoms with E-state index < -0.39 is 23.8 Å². The average Bonchev–Trinajstić information content (AvgIpc) is 2.30. The number of amides is 3. The highest BCUT2D eigenvalue weighted by molar-refractivity contribution is 6.31. The number of nitrogens with two attached hydrogens (primary N) is 1. The number of anilines is 1. The van der Waals surface area contributed by atoms with Crippen LogP contribution in [0, 0.1) is 11.7 Å². The zero-order chi connectivity index (χ0) is 14.6. The third-order valence-corrected chi connectivity index (χ3v) is 2.72. The molecule has 0 heterocycles. The van der Waals surface area contributed by atoms with E-state index in [1.165, 1.54) is 12.1 Å². The first kappa shape index (κ1) is 15.2. The molecule has 0 bridgehead atoms. The molecular formula is C12H15ClFN3O2. The normalized spacial score (nSPS) is 12.1. The molecule has 0 aliphatic rings. The molecule has 1 atom stereocenters. The van der Waals surface area contributed by atoms with Gasteiger partial charge in [0.1, 0.15) is 11.9 Å². The molecule has 0 radical (unpaired) electrons. The third-order valence-electron chi connectivity index (χ3n) is 2.43. The molecule has 19 heavy (non-hydrogen) atoms. The van der Waals surface area contributed by atoms with Crippen molar-refractivity contribution in [3.05, 3.63) is 29.0 Å². The van der Waals surface area contributed by atoms with Gasteiger partial charge in [-0.15, -0.1) is 0 Å². The molecule has 0 aromatic heterocycles. The van der Waals surface area contributed by atoms with Gasteiger partial charge in [-0.2, -0.15) is 0 Å². The summed E-state index contributed by atoms with van der Waals surface area (Å²) in [6.45, 7) is 3.52. The summed E-state index contributed by atoms with van der Waals surface area (Å²) in [5.74, 6) is -1.17. The van der Waals surface area contributed by atoms with Crippen LogP contribution >= 0.6 is 11.6 Å². The van der Waals surface area contributed by atoms with Crippen LogP contribution in [0.15, 0.2) is 18.2 Å². The first-order valence-electron chi connectivity index (χ1n) is 5.63. The number of carbonyl (C=O) groups excluding carboxylic acids is 2. The molecule has 1 aromatic rings. The van der Waals surface area contributed by atoms with Crippen LogP contribution in [-0.2, 0) is 4.79 Å². The Morgan fingerprint density at radius 3 is 2.47 bits per heavy atom. The lowest BCUT2D eigenvalue weighted by atomic mass is 10.0. The number of urea groups is 1. The average molecular weight is 288 g/mol. The Morgan fingerprint density at radius 1 is 1.37 bits per heavy atom. The van der Waals surface area contributed by atoms with Crippen molar-refractivity contribution in [2.45, 2.75) is 19.9 Å². The van der Waals surface area contributed by atoms with Gasteiger partial charge in [0.05, 0.1) is 5.02 Å². The maximum atomic E-state index is 13.0. The van der Waals surface area contributed by atoms with Crippen molar-refractivity contribution in [2.75, 3.05) is 5.32 Å². The van der Waals surface area contributed by atoms with Gasteiger partial charge in [0, 0.05) is 5.69 Å². The monoisotopic (exact) mass is 287 g/mol. The largest absolute Gasteiger partial charge is 0.352 e. The summed E-state index contributed by atoms with van der Waals surface area (Å²) in [4.78, 5) is 22.8. The lowest BCUT2D eigenvalue weighted by Gasteiger charge is -2.20. The number of nitrogens with one attached hydrogen (secondary N) is 2. The van der Waals surface area contributed by atoms with Crippen molar-refractivity contribution in [1.82, 2.24) is 5.32 Å². The summed E-state index contributed by atoms with van der Waals surface area (Å²) in [6, 6.07) is 2.24. The molecule has 0 spiro atoms. The fourth-order valence-corrected chi connectivity index (χ4v) is 1.66. The zero-order valence-electron chi connectivity index (χ0n) is 10.5. The molecule has 7 heteroatoms. The molecule has 0 aliphatic heterocycles. The van der Waals surface area contributed by atoms with Crippen molar-refractivity contribution >= 4 is 29.2 Å². The minimum atomic E-state index is -0.786. The smallest absolute Gasteiger partial charge is 0.312 e. The molecule has 5 nitrogen and oxygen atoms in total. The van der Waals surface area contributed by atoms with Gasteiger partial charge >= 0.3 is 6.03 Å². The van der Waals surface area contributed by atoms with Crippen molar-refractivity contribution in [2.24, 2.45) is 11.7 Å². The minimum Gasteiger partial charge on any atom is -0.352 e. The van der Waals surface area contributed by atoms with Crippen LogP contribution in [0.25, 0.3) is 0 Å². The number of benzene rings is 1. The van der Waals surface area contributed by atoms with Crippen molar-refractivity contribution in [1.29, 1.82) is 0 Å². The van der Waals surface area contributed by atoms with Gasteiger partial charge in [-0.1, -0.05) is 25.4 Å². The van der Waals surface area contributed by atoms with Gasteiger partial charge in [0.2, 0.25) is 5.91 Å². The molecule has 104 valence electrons. The van der Waals surface area contributed by atoms with Crippen molar-refractivity contribution in [3.8, 4) is 0 Å². The van der Waals surface area contributed by atoms with Crippen LogP contribution in [0.2, 0.25) is 5.02 Å². The number of primary amides is 1. The summed E-state index contributed by atoms with van der Waals surface area (Å²) in [5.41, 5.74) is 5.35. The fraction of sp³-hybridized carbons (Fsp3) is 0.333. The Kier molecular flexibility index (Phi) is 5.11. The van der Waals surface area contributed by atoms with Crippen molar-refractivity contribution in [3.63, 3.8) is 0 Å². The predicted octanol–water partition coefficient (Wildman–Crippen LogP) is 2.11. The van der Waals surface area contributed by atoms with Gasteiger partial charge in [-0.25, -0.2) is 9.18 Å². The molecule has 0 unspecified atom stereocenters. The summed E-state index contributed by atoms with van der Waals surface area (Å²) >= 11 is 5.61. The summed E-state index contributed by atoms with van der Waals surface area (Å²) in [7, 11) is 0. The van der Waals surface area contributed by atoms with E-state index in [9.17, 15) is 14.0 Å². The number of hydrogen-bond acceptors (Lipinski definition) is 2. The highest BCUT2D eigenvalue weighted by atomic mass is 35.5. The second kappa shape index (κ2) is 6.38. The minimum absolute atomic E-state index is 0.0956. The maximum Gasteiger partial charge on any atom is 0.312 e. The second-order valence-corrected chi connectivity index (χ2v) is 4.76. The van der Waals surface area contributed by atoms with Crippen LogP contribution in [0.3, 0.4) is 0 Å². The lowest BCUT2D eigenvalue weighted by Crippen LogP contribution is -2.49. The first-order valence-corrected chi connectivity index (χ1v) is 6.01. The number of halogens is 2. The molecule has 0 aliphatic carbocycles. The van der Waals surface area contributed by atoms with Gasteiger partial charge in [-0.3, -0.25) is 4.79 Å². The number of hydrogen-bond donors (Lipinski definition) is 3. The van der Waals surface area contributed by atoms with Gasteiger partial charge in [-0.05, 0) is 24.1 Å². The lowest BCUT2D eigenvalue weighted by molar-refractivity contribution is -0.118. The van der Waals surface area contributed by atoms with E-state index in [0.717, 1.165) is 6.07 Å². The third kappa shape index (κ3) is 4.40.